The first-order valence-electron chi connectivity index (χ1n) is 7.48. The second-order valence-electron chi connectivity index (χ2n) is 5.90. The van der Waals surface area contributed by atoms with Gasteiger partial charge in [-0.05, 0) is 30.2 Å². The molecule has 1 unspecified atom stereocenters. The Morgan fingerprint density at radius 2 is 1.81 bits per heavy atom. The number of hydrogen-bond donors (Lipinski definition) is 2. The second kappa shape index (κ2) is 5.88. The Balaban J connectivity index is 1.86. The van der Waals surface area contributed by atoms with Gasteiger partial charge >= 0.3 is 0 Å². The minimum atomic E-state index is -0.00258. The van der Waals surface area contributed by atoms with Gasteiger partial charge in [0, 0.05) is 26.2 Å². The molecule has 3 rings (SSSR count). The fraction of sp³-hybridized carbons (Fsp3) is 0.333. The second-order valence-corrected chi connectivity index (χ2v) is 5.90. The maximum Gasteiger partial charge on any atom is 0.115 e. The highest BCUT2D eigenvalue weighted by atomic mass is 16.3. The van der Waals surface area contributed by atoms with Crippen LogP contribution < -0.4 is 5.32 Å². The van der Waals surface area contributed by atoms with E-state index in [1.165, 1.54) is 11.1 Å². The van der Waals surface area contributed by atoms with Crippen LogP contribution in [0.1, 0.15) is 18.1 Å². The van der Waals surface area contributed by atoms with Crippen molar-refractivity contribution in [1.82, 2.24) is 10.2 Å². The predicted octanol–water partition coefficient (Wildman–Crippen LogP) is 2.71. The molecular formula is C18H22N2O. The van der Waals surface area contributed by atoms with Crippen LogP contribution in [0, 0.1) is 0 Å². The van der Waals surface area contributed by atoms with Gasteiger partial charge in [-0.3, -0.25) is 4.90 Å². The van der Waals surface area contributed by atoms with E-state index in [1.807, 2.05) is 12.1 Å². The van der Waals surface area contributed by atoms with Crippen molar-refractivity contribution in [1.29, 1.82) is 0 Å². The van der Waals surface area contributed by atoms with Gasteiger partial charge in [0.25, 0.3) is 0 Å². The van der Waals surface area contributed by atoms with Crippen molar-refractivity contribution in [2.75, 3.05) is 19.6 Å². The number of phenolic OH excluding ortho intramolecular Hbond substituents is 1. The zero-order valence-corrected chi connectivity index (χ0v) is 12.4. The van der Waals surface area contributed by atoms with Crippen molar-refractivity contribution < 1.29 is 5.11 Å². The van der Waals surface area contributed by atoms with Gasteiger partial charge in [-0.1, -0.05) is 42.5 Å². The predicted molar refractivity (Wildman–Crippen MR) is 85.2 cm³/mol. The Morgan fingerprint density at radius 3 is 2.52 bits per heavy atom. The molecule has 0 aliphatic carbocycles. The van der Waals surface area contributed by atoms with Crippen LogP contribution >= 0.6 is 0 Å². The van der Waals surface area contributed by atoms with E-state index in [4.69, 9.17) is 0 Å². The van der Waals surface area contributed by atoms with Gasteiger partial charge in [-0.15, -0.1) is 0 Å². The molecular weight excluding hydrogens is 260 g/mol. The highest BCUT2D eigenvalue weighted by molar-refractivity contribution is 5.28. The normalized spacial score (nSPS) is 23.1. The van der Waals surface area contributed by atoms with Crippen LogP contribution in [0.4, 0.5) is 0 Å². The van der Waals surface area contributed by atoms with E-state index in [1.54, 1.807) is 12.1 Å². The lowest BCUT2D eigenvalue weighted by molar-refractivity contribution is 0.0650. The molecule has 0 spiro atoms. The minimum absolute atomic E-state index is 0.00258. The molecule has 3 heteroatoms. The van der Waals surface area contributed by atoms with Crippen LogP contribution in [-0.4, -0.2) is 29.6 Å². The van der Waals surface area contributed by atoms with E-state index < -0.39 is 0 Å². The fourth-order valence-electron chi connectivity index (χ4n) is 3.06. The highest BCUT2D eigenvalue weighted by Crippen LogP contribution is 2.31. The van der Waals surface area contributed by atoms with E-state index in [0.717, 1.165) is 26.2 Å². The van der Waals surface area contributed by atoms with E-state index in [0.29, 0.717) is 5.75 Å². The van der Waals surface area contributed by atoms with Crippen LogP contribution in [0.5, 0.6) is 5.75 Å². The average Bonchev–Trinajstić information content (AvgIpc) is 2.53. The van der Waals surface area contributed by atoms with Crippen molar-refractivity contribution in [2.45, 2.75) is 19.0 Å². The number of nitrogens with one attached hydrogen (secondary N) is 1. The summed E-state index contributed by atoms with van der Waals surface area (Å²) < 4.78 is 0. The summed E-state index contributed by atoms with van der Waals surface area (Å²) in [5, 5.41) is 12.9. The molecule has 1 fully saturated rings. The summed E-state index contributed by atoms with van der Waals surface area (Å²) >= 11 is 0. The number of nitrogens with zero attached hydrogens (tertiary/aromatic N) is 1. The lowest BCUT2D eigenvalue weighted by Gasteiger charge is -2.45. The van der Waals surface area contributed by atoms with Crippen molar-refractivity contribution in [3.05, 3.63) is 65.7 Å². The summed E-state index contributed by atoms with van der Waals surface area (Å²) in [4.78, 5) is 2.52. The molecule has 110 valence electrons. The molecule has 0 aromatic heterocycles. The quantitative estimate of drug-likeness (QED) is 0.908. The van der Waals surface area contributed by atoms with Gasteiger partial charge in [-0.25, -0.2) is 0 Å². The summed E-state index contributed by atoms with van der Waals surface area (Å²) in [5.74, 6) is 0.324. The standard InChI is InChI=1S/C18H22N2O/c1-18(16-5-3-2-4-6-16)14-19-11-12-20(18)13-15-7-9-17(21)10-8-15/h2-10,19,21H,11-14H2,1H3. The Kier molecular flexibility index (Phi) is 3.95. The van der Waals surface area contributed by atoms with Crippen molar-refractivity contribution in [2.24, 2.45) is 0 Å². The summed E-state index contributed by atoms with van der Waals surface area (Å²) in [6.07, 6.45) is 0. The lowest BCUT2D eigenvalue weighted by Crippen LogP contribution is -2.56. The van der Waals surface area contributed by atoms with Crippen LogP contribution in [0.3, 0.4) is 0 Å². The topological polar surface area (TPSA) is 35.5 Å². The van der Waals surface area contributed by atoms with Crippen molar-refractivity contribution in [3.8, 4) is 5.75 Å². The Morgan fingerprint density at radius 1 is 1.10 bits per heavy atom. The first kappa shape index (κ1) is 14.1. The summed E-state index contributed by atoms with van der Waals surface area (Å²) in [7, 11) is 0. The van der Waals surface area contributed by atoms with Crippen LogP contribution in [0.25, 0.3) is 0 Å². The van der Waals surface area contributed by atoms with Gasteiger partial charge in [0.2, 0.25) is 0 Å². The molecule has 1 saturated heterocycles. The Hall–Kier alpha value is -1.84. The van der Waals surface area contributed by atoms with E-state index in [9.17, 15) is 5.11 Å². The summed E-state index contributed by atoms with van der Waals surface area (Å²) in [6.45, 7) is 6.18. The highest BCUT2D eigenvalue weighted by Gasteiger charge is 2.35. The molecule has 3 nitrogen and oxygen atoms in total. The molecule has 0 bridgehead atoms. The zero-order valence-electron chi connectivity index (χ0n) is 12.4. The number of benzene rings is 2. The molecule has 2 N–H and O–H groups in total. The largest absolute Gasteiger partial charge is 0.508 e. The van der Waals surface area contributed by atoms with Gasteiger partial charge in [0.15, 0.2) is 0 Å². The SMILES string of the molecule is CC1(c2ccccc2)CNCCN1Cc1ccc(O)cc1. The number of phenols is 1. The maximum atomic E-state index is 9.42. The average molecular weight is 282 g/mol. The monoisotopic (exact) mass is 282 g/mol. The van der Waals surface area contributed by atoms with Crippen LogP contribution in [0.2, 0.25) is 0 Å². The molecule has 1 heterocycles. The van der Waals surface area contributed by atoms with Gasteiger partial charge in [0.05, 0.1) is 5.54 Å². The Labute approximate surface area is 126 Å². The third kappa shape index (κ3) is 2.94. The molecule has 2 aromatic rings. The maximum absolute atomic E-state index is 9.42. The lowest BCUT2D eigenvalue weighted by atomic mass is 9.88. The van der Waals surface area contributed by atoms with Crippen molar-refractivity contribution >= 4 is 0 Å². The first-order valence-corrected chi connectivity index (χ1v) is 7.48. The van der Waals surface area contributed by atoms with Gasteiger partial charge in [0.1, 0.15) is 5.75 Å². The van der Waals surface area contributed by atoms with Crippen LogP contribution in [0.15, 0.2) is 54.6 Å². The smallest absolute Gasteiger partial charge is 0.115 e. The van der Waals surface area contributed by atoms with E-state index >= 15 is 0 Å². The number of piperazine rings is 1. The van der Waals surface area contributed by atoms with Crippen molar-refractivity contribution in [3.63, 3.8) is 0 Å². The first-order chi connectivity index (χ1) is 10.2. The van der Waals surface area contributed by atoms with E-state index in [2.05, 4.69) is 47.5 Å². The van der Waals surface area contributed by atoms with Crippen LogP contribution in [-0.2, 0) is 12.1 Å². The molecule has 21 heavy (non-hydrogen) atoms. The molecule has 1 aliphatic rings. The number of hydrogen-bond acceptors (Lipinski definition) is 3. The van der Waals surface area contributed by atoms with E-state index in [-0.39, 0.29) is 5.54 Å². The fourth-order valence-corrected chi connectivity index (χ4v) is 3.06. The summed E-state index contributed by atoms with van der Waals surface area (Å²) in [5.41, 5.74) is 2.57. The minimum Gasteiger partial charge on any atom is -0.508 e. The zero-order chi connectivity index (χ0) is 14.7. The molecule has 2 aromatic carbocycles. The molecule has 1 aliphatic heterocycles. The molecule has 0 radical (unpaired) electrons. The van der Waals surface area contributed by atoms with Gasteiger partial charge < -0.3 is 10.4 Å². The number of aromatic hydroxyl groups is 1. The molecule has 1 atom stereocenters. The Bertz CT molecular complexity index is 582. The third-order valence-corrected chi connectivity index (χ3v) is 4.43. The molecule has 0 saturated carbocycles. The molecule has 0 amide bonds. The number of rotatable bonds is 3. The van der Waals surface area contributed by atoms with Gasteiger partial charge in [-0.2, -0.15) is 0 Å². The third-order valence-electron chi connectivity index (χ3n) is 4.43. The summed E-state index contributed by atoms with van der Waals surface area (Å²) in [6, 6.07) is 18.2.